The van der Waals surface area contributed by atoms with E-state index in [1.165, 1.54) is 57.2 Å². The van der Waals surface area contributed by atoms with Gasteiger partial charge in [-0.1, -0.05) is 56.0 Å². The van der Waals surface area contributed by atoms with Crippen molar-refractivity contribution in [3.05, 3.63) is 35.9 Å². The first-order valence-electron chi connectivity index (χ1n) is 8.79. The fourth-order valence-electron chi connectivity index (χ4n) is 4.10. The van der Waals surface area contributed by atoms with E-state index in [9.17, 15) is 0 Å². The fraction of sp³-hybridized carbons (Fsp3) is 0.684. The van der Waals surface area contributed by atoms with E-state index in [1.807, 2.05) is 0 Å². The van der Waals surface area contributed by atoms with Crippen molar-refractivity contribution in [1.82, 2.24) is 10.2 Å². The molecule has 0 aromatic heterocycles. The van der Waals surface area contributed by atoms with Gasteiger partial charge in [-0.15, -0.1) is 0 Å². The van der Waals surface area contributed by atoms with Crippen molar-refractivity contribution < 1.29 is 0 Å². The Hall–Kier alpha value is -0.860. The fourth-order valence-corrected chi connectivity index (χ4v) is 4.10. The second-order valence-electron chi connectivity index (χ2n) is 7.19. The van der Waals surface area contributed by atoms with E-state index in [1.54, 1.807) is 0 Å². The van der Waals surface area contributed by atoms with E-state index in [0.717, 1.165) is 19.0 Å². The summed E-state index contributed by atoms with van der Waals surface area (Å²) in [5, 5.41) is 3.79. The first kappa shape index (κ1) is 15.1. The second kappa shape index (κ2) is 6.93. The third kappa shape index (κ3) is 3.87. The predicted molar refractivity (Wildman–Crippen MR) is 89.4 cm³/mol. The molecule has 2 fully saturated rings. The maximum Gasteiger partial charge on any atom is 0.0534 e. The average molecular weight is 286 g/mol. The van der Waals surface area contributed by atoms with Crippen molar-refractivity contribution in [1.29, 1.82) is 0 Å². The van der Waals surface area contributed by atoms with Gasteiger partial charge in [0.1, 0.15) is 0 Å². The molecule has 2 nitrogen and oxygen atoms in total. The Balaban J connectivity index is 1.62. The third-order valence-corrected chi connectivity index (χ3v) is 5.45. The molecule has 1 heterocycles. The summed E-state index contributed by atoms with van der Waals surface area (Å²) < 4.78 is 0. The highest BCUT2D eigenvalue weighted by Gasteiger charge is 2.30. The van der Waals surface area contributed by atoms with Crippen LogP contribution in [0, 0.1) is 5.92 Å². The average Bonchev–Trinajstić information content (AvgIpc) is 2.96. The van der Waals surface area contributed by atoms with Crippen molar-refractivity contribution in [3.8, 4) is 0 Å². The van der Waals surface area contributed by atoms with Crippen LogP contribution in [0.25, 0.3) is 0 Å². The molecule has 1 aliphatic heterocycles. The molecule has 0 bridgehead atoms. The molecule has 116 valence electrons. The van der Waals surface area contributed by atoms with Crippen molar-refractivity contribution in [2.45, 2.75) is 51.0 Å². The zero-order valence-corrected chi connectivity index (χ0v) is 13.5. The van der Waals surface area contributed by atoms with E-state index in [4.69, 9.17) is 0 Å². The molecule has 1 aromatic rings. The van der Waals surface area contributed by atoms with Gasteiger partial charge in [-0.25, -0.2) is 0 Å². The van der Waals surface area contributed by atoms with Crippen molar-refractivity contribution >= 4 is 0 Å². The van der Waals surface area contributed by atoms with Gasteiger partial charge < -0.3 is 10.2 Å². The molecule has 3 rings (SSSR count). The van der Waals surface area contributed by atoms with Crippen LogP contribution < -0.4 is 5.32 Å². The van der Waals surface area contributed by atoms with Gasteiger partial charge in [0.2, 0.25) is 0 Å². The largest absolute Gasteiger partial charge is 0.307 e. The molecule has 0 spiro atoms. The minimum atomic E-state index is 0.105. The summed E-state index contributed by atoms with van der Waals surface area (Å²) in [6.45, 7) is 7.18. The van der Waals surface area contributed by atoms with Gasteiger partial charge in [0, 0.05) is 6.54 Å². The Labute approximate surface area is 129 Å². The van der Waals surface area contributed by atoms with Gasteiger partial charge in [-0.3, -0.25) is 0 Å². The number of hydrogen-bond acceptors (Lipinski definition) is 2. The molecule has 1 saturated carbocycles. The number of benzene rings is 1. The van der Waals surface area contributed by atoms with Crippen molar-refractivity contribution in [2.75, 3.05) is 26.2 Å². The van der Waals surface area contributed by atoms with Crippen LogP contribution in [-0.2, 0) is 5.54 Å². The van der Waals surface area contributed by atoms with E-state index in [0.29, 0.717) is 0 Å². The zero-order valence-electron chi connectivity index (χ0n) is 13.5. The van der Waals surface area contributed by atoms with Gasteiger partial charge in [0.15, 0.2) is 0 Å². The summed E-state index contributed by atoms with van der Waals surface area (Å²) >= 11 is 0. The monoisotopic (exact) mass is 286 g/mol. The molecule has 1 aliphatic carbocycles. The number of nitrogens with zero attached hydrogens (tertiary/aromatic N) is 1. The maximum atomic E-state index is 3.79. The van der Waals surface area contributed by atoms with Gasteiger partial charge >= 0.3 is 0 Å². The second-order valence-corrected chi connectivity index (χ2v) is 7.19. The molecule has 2 heteroatoms. The van der Waals surface area contributed by atoms with Crippen LogP contribution in [-0.4, -0.2) is 31.1 Å². The number of nitrogens with one attached hydrogen (secondary N) is 1. The standard InChI is InChI=1S/C19H30N2/c1-19(18-10-3-2-4-11-18)16-21(14-7-13-20-19)15-12-17-8-5-6-9-17/h2-4,10-11,17,20H,5-9,12-16H2,1H3. The molecule has 0 radical (unpaired) electrons. The Morgan fingerprint density at radius 3 is 2.67 bits per heavy atom. The maximum absolute atomic E-state index is 3.79. The molecule has 1 saturated heterocycles. The molecule has 21 heavy (non-hydrogen) atoms. The third-order valence-electron chi connectivity index (χ3n) is 5.45. The Morgan fingerprint density at radius 1 is 1.14 bits per heavy atom. The van der Waals surface area contributed by atoms with Crippen LogP contribution in [0.3, 0.4) is 0 Å². The Morgan fingerprint density at radius 2 is 1.90 bits per heavy atom. The van der Waals surface area contributed by atoms with Crippen molar-refractivity contribution in [3.63, 3.8) is 0 Å². The van der Waals surface area contributed by atoms with Crippen LogP contribution >= 0.6 is 0 Å². The highest BCUT2D eigenvalue weighted by molar-refractivity contribution is 5.24. The summed E-state index contributed by atoms with van der Waals surface area (Å²) in [5.41, 5.74) is 1.53. The Kier molecular flexibility index (Phi) is 4.97. The lowest BCUT2D eigenvalue weighted by Crippen LogP contribution is -2.46. The SMILES string of the molecule is CC1(c2ccccc2)CN(CCC2CCCC2)CCCN1. The minimum Gasteiger partial charge on any atom is -0.307 e. The lowest BCUT2D eigenvalue weighted by molar-refractivity contribution is 0.207. The first-order chi connectivity index (χ1) is 10.3. The van der Waals surface area contributed by atoms with Crippen LogP contribution in [0.15, 0.2) is 30.3 Å². The highest BCUT2D eigenvalue weighted by Crippen LogP contribution is 2.29. The van der Waals surface area contributed by atoms with Crippen molar-refractivity contribution in [2.24, 2.45) is 5.92 Å². The Bertz CT molecular complexity index is 424. The summed E-state index contributed by atoms with van der Waals surface area (Å²) in [7, 11) is 0. The lowest BCUT2D eigenvalue weighted by atomic mass is 9.91. The van der Waals surface area contributed by atoms with E-state index in [2.05, 4.69) is 47.5 Å². The topological polar surface area (TPSA) is 15.3 Å². The molecule has 2 aliphatic rings. The molecule has 0 amide bonds. The predicted octanol–water partition coefficient (Wildman–Crippen LogP) is 3.78. The summed E-state index contributed by atoms with van der Waals surface area (Å²) in [4.78, 5) is 2.70. The van der Waals surface area contributed by atoms with Crippen LogP contribution in [0.4, 0.5) is 0 Å². The van der Waals surface area contributed by atoms with E-state index in [-0.39, 0.29) is 5.54 Å². The molecule has 1 atom stereocenters. The van der Waals surface area contributed by atoms with Gasteiger partial charge in [-0.05, 0) is 50.9 Å². The van der Waals surface area contributed by atoms with E-state index >= 15 is 0 Å². The normalized spacial score (nSPS) is 28.6. The highest BCUT2D eigenvalue weighted by atomic mass is 15.2. The summed E-state index contributed by atoms with van der Waals surface area (Å²) in [6, 6.07) is 11.0. The number of hydrogen-bond donors (Lipinski definition) is 1. The summed E-state index contributed by atoms with van der Waals surface area (Å²) in [5.74, 6) is 1.00. The zero-order chi connectivity index (χ0) is 14.5. The lowest BCUT2D eigenvalue weighted by Gasteiger charge is -2.34. The van der Waals surface area contributed by atoms with Crippen LogP contribution in [0.1, 0.15) is 51.0 Å². The molecule has 1 aromatic carbocycles. The molecular formula is C19H30N2. The van der Waals surface area contributed by atoms with Crippen LogP contribution in [0.2, 0.25) is 0 Å². The molecular weight excluding hydrogens is 256 g/mol. The number of rotatable bonds is 4. The van der Waals surface area contributed by atoms with Gasteiger partial charge in [0.25, 0.3) is 0 Å². The van der Waals surface area contributed by atoms with Crippen LogP contribution in [0.5, 0.6) is 0 Å². The molecule has 1 unspecified atom stereocenters. The quantitative estimate of drug-likeness (QED) is 0.906. The minimum absolute atomic E-state index is 0.105. The summed E-state index contributed by atoms with van der Waals surface area (Å²) in [6.07, 6.45) is 8.56. The van der Waals surface area contributed by atoms with Gasteiger partial charge in [-0.2, -0.15) is 0 Å². The smallest absolute Gasteiger partial charge is 0.0534 e. The molecule has 1 N–H and O–H groups in total. The van der Waals surface area contributed by atoms with E-state index < -0.39 is 0 Å². The van der Waals surface area contributed by atoms with Gasteiger partial charge in [0.05, 0.1) is 5.54 Å². The first-order valence-corrected chi connectivity index (χ1v) is 8.79.